The van der Waals surface area contributed by atoms with E-state index < -0.39 is 4.92 Å². The summed E-state index contributed by atoms with van der Waals surface area (Å²) in [5, 5.41) is 10.6. The lowest BCUT2D eigenvalue weighted by Gasteiger charge is -2.03. The standard InChI is InChI=1S/C12H13N5O3/c1-8-6-10(13-7-16(2)3)15-12(14-8)9-4-5-11(20-9)17(18)19/h4-7H,1-3H3. The minimum absolute atomic E-state index is 0.238. The second kappa shape index (κ2) is 5.47. The van der Waals surface area contributed by atoms with E-state index in [2.05, 4.69) is 15.0 Å². The van der Waals surface area contributed by atoms with Crippen LogP contribution in [0.1, 0.15) is 5.69 Å². The number of nitrogens with zero attached hydrogens (tertiary/aromatic N) is 5. The van der Waals surface area contributed by atoms with E-state index in [1.54, 1.807) is 24.2 Å². The summed E-state index contributed by atoms with van der Waals surface area (Å²) in [5.74, 6) is 0.620. The van der Waals surface area contributed by atoms with Crippen LogP contribution in [0.2, 0.25) is 0 Å². The first-order valence-corrected chi connectivity index (χ1v) is 5.76. The summed E-state index contributed by atoms with van der Waals surface area (Å²) in [6, 6.07) is 4.44. The van der Waals surface area contributed by atoms with Crippen molar-refractivity contribution >= 4 is 18.0 Å². The van der Waals surface area contributed by atoms with Crippen molar-refractivity contribution in [3.05, 3.63) is 34.0 Å². The third-order valence-electron chi connectivity index (χ3n) is 2.25. The third kappa shape index (κ3) is 3.16. The topological polar surface area (TPSA) is 97.7 Å². The Morgan fingerprint density at radius 1 is 1.40 bits per heavy atom. The number of aromatic nitrogens is 2. The smallest absolute Gasteiger partial charge is 0.397 e. The second-order valence-electron chi connectivity index (χ2n) is 4.29. The lowest BCUT2D eigenvalue weighted by molar-refractivity contribution is -0.401. The average molecular weight is 275 g/mol. The molecule has 0 saturated carbocycles. The normalized spacial score (nSPS) is 10.9. The van der Waals surface area contributed by atoms with Crippen LogP contribution in [0.15, 0.2) is 27.6 Å². The zero-order valence-electron chi connectivity index (χ0n) is 11.3. The first kappa shape index (κ1) is 13.7. The lowest BCUT2D eigenvalue weighted by Crippen LogP contribution is -2.07. The van der Waals surface area contributed by atoms with E-state index in [1.165, 1.54) is 12.1 Å². The first-order chi connectivity index (χ1) is 9.45. The van der Waals surface area contributed by atoms with Crippen molar-refractivity contribution in [3.8, 4) is 11.6 Å². The number of aliphatic imine (C=N–C) groups is 1. The molecule has 0 atom stereocenters. The van der Waals surface area contributed by atoms with Crippen LogP contribution in [0.3, 0.4) is 0 Å². The second-order valence-corrected chi connectivity index (χ2v) is 4.29. The van der Waals surface area contributed by atoms with Gasteiger partial charge in [0.25, 0.3) is 0 Å². The Morgan fingerprint density at radius 3 is 2.75 bits per heavy atom. The van der Waals surface area contributed by atoms with Crippen LogP contribution in [0.25, 0.3) is 11.6 Å². The highest BCUT2D eigenvalue weighted by Gasteiger charge is 2.15. The van der Waals surface area contributed by atoms with Crippen LogP contribution in [0.4, 0.5) is 11.7 Å². The minimum atomic E-state index is -0.607. The molecule has 0 fully saturated rings. The van der Waals surface area contributed by atoms with E-state index in [1.807, 2.05) is 14.1 Å². The van der Waals surface area contributed by atoms with Crippen molar-refractivity contribution in [2.75, 3.05) is 14.1 Å². The Balaban J connectivity index is 2.38. The third-order valence-corrected chi connectivity index (χ3v) is 2.25. The molecular formula is C12H13N5O3. The fourth-order valence-electron chi connectivity index (χ4n) is 1.45. The molecule has 8 nitrogen and oxygen atoms in total. The highest BCUT2D eigenvalue weighted by molar-refractivity contribution is 5.60. The van der Waals surface area contributed by atoms with Crippen molar-refractivity contribution in [2.24, 2.45) is 4.99 Å². The highest BCUT2D eigenvalue weighted by Crippen LogP contribution is 2.25. The Kier molecular flexibility index (Phi) is 3.74. The molecule has 0 aromatic carbocycles. The number of hydrogen-bond donors (Lipinski definition) is 0. The van der Waals surface area contributed by atoms with E-state index in [4.69, 9.17) is 4.42 Å². The fraction of sp³-hybridized carbons (Fsp3) is 0.250. The molecule has 2 rings (SSSR count). The molecule has 0 N–H and O–H groups in total. The molecule has 2 aromatic rings. The molecule has 2 heterocycles. The average Bonchev–Trinajstić information content (AvgIpc) is 2.85. The number of furan rings is 1. The van der Waals surface area contributed by atoms with Gasteiger partial charge >= 0.3 is 5.88 Å². The molecule has 2 aromatic heterocycles. The van der Waals surface area contributed by atoms with E-state index in [9.17, 15) is 10.1 Å². The van der Waals surface area contributed by atoms with Crippen LogP contribution in [-0.2, 0) is 0 Å². The van der Waals surface area contributed by atoms with Gasteiger partial charge in [-0.25, -0.2) is 15.0 Å². The van der Waals surface area contributed by atoms with Gasteiger partial charge in [0.05, 0.1) is 12.4 Å². The molecule has 20 heavy (non-hydrogen) atoms. The van der Waals surface area contributed by atoms with Crippen LogP contribution in [0.5, 0.6) is 0 Å². The van der Waals surface area contributed by atoms with Gasteiger partial charge in [-0.3, -0.25) is 10.1 Å². The van der Waals surface area contributed by atoms with Gasteiger partial charge in [0, 0.05) is 25.9 Å². The molecule has 0 bridgehead atoms. The summed E-state index contributed by atoms with van der Waals surface area (Å²) >= 11 is 0. The maximum atomic E-state index is 10.6. The van der Waals surface area contributed by atoms with Crippen molar-refractivity contribution in [2.45, 2.75) is 6.92 Å². The Labute approximate surface area is 114 Å². The molecule has 8 heteroatoms. The van der Waals surface area contributed by atoms with Crippen LogP contribution >= 0.6 is 0 Å². The van der Waals surface area contributed by atoms with Crippen molar-refractivity contribution in [1.29, 1.82) is 0 Å². The lowest BCUT2D eigenvalue weighted by atomic mass is 10.3. The maximum Gasteiger partial charge on any atom is 0.433 e. The van der Waals surface area contributed by atoms with E-state index in [0.29, 0.717) is 11.5 Å². The van der Waals surface area contributed by atoms with Gasteiger partial charge in [-0.2, -0.15) is 0 Å². The van der Waals surface area contributed by atoms with Gasteiger partial charge in [-0.05, 0) is 13.0 Å². The zero-order chi connectivity index (χ0) is 14.7. The number of hydrogen-bond acceptors (Lipinski definition) is 6. The van der Waals surface area contributed by atoms with E-state index >= 15 is 0 Å². The van der Waals surface area contributed by atoms with Crippen molar-refractivity contribution in [1.82, 2.24) is 14.9 Å². The monoisotopic (exact) mass is 275 g/mol. The van der Waals surface area contributed by atoms with Gasteiger partial charge in [0.1, 0.15) is 4.92 Å². The SMILES string of the molecule is Cc1cc(N=CN(C)C)nc(-c2ccc([N+](=O)[O-])o2)n1. The summed E-state index contributed by atoms with van der Waals surface area (Å²) in [6.45, 7) is 1.79. The van der Waals surface area contributed by atoms with E-state index in [-0.39, 0.29) is 17.5 Å². The van der Waals surface area contributed by atoms with Crippen LogP contribution in [0, 0.1) is 17.0 Å². The van der Waals surface area contributed by atoms with Gasteiger partial charge < -0.3 is 9.32 Å². The molecule has 0 amide bonds. The van der Waals surface area contributed by atoms with Crippen LogP contribution in [-0.4, -0.2) is 40.2 Å². The van der Waals surface area contributed by atoms with Crippen molar-refractivity contribution in [3.63, 3.8) is 0 Å². The molecule has 0 aliphatic carbocycles. The summed E-state index contributed by atoms with van der Waals surface area (Å²) in [4.78, 5) is 24.3. The van der Waals surface area contributed by atoms with Gasteiger partial charge in [-0.1, -0.05) is 0 Å². The molecular weight excluding hydrogens is 262 g/mol. The minimum Gasteiger partial charge on any atom is -0.397 e. The Bertz CT molecular complexity index is 663. The number of rotatable bonds is 4. The predicted molar refractivity (Wildman–Crippen MR) is 73.0 cm³/mol. The predicted octanol–water partition coefficient (Wildman–Crippen LogP) is 2.17. The summed E-state index contributed by atoms with van der Waals surface area (Å²) < 4.78 is 5.08. The molecule has 0 saturated heterocycles. The fourth-order valence-corrected chi connectivity index (χ4v) is 1.45. The zero-order valence-corrected chi connectivity index (χ0v) is 11.3. The first-order valence-electron chi connectivity index (χ1n) is 5.76. The molecule has 0 unspecified atom stereocenters. The Hall–Kier alpha value is -2.77. The van der Waals surface area contributed by atoms with Gasteiger partial charge in [-0.15, -0.1) is 0 Å². The molecule has 0 spiro atoms. The van der Waals surface area contributed by atoms with Gasteiger partial charge in [0.2, 0.25) is 0 Å². The molecule has 104 valence electrons. The van der Waals surface area contributed by atoms with Gasteiger partial charge in [0.15, 0.2) is 17.4 Å². The summed E-state index contributed by atoms with van der Waals surface area (Å²) in [7, 11) is 3.68. The number of aryl methyl sites for hydroxylation is 1. The molecule has 0 aliphatic heterocycles. The van der Waals surface area contributed by atoms with E-state index in [0.717, 1.165) is 0 Å². The van der Waals surface area contributed by atoms with Crippen LogP contribution < -0.4 is 0 Å². The number of nitro groups is 1. The molecule has 0 radical (unpaired) electrons. The largest absolute Gasteiger partial charge is 0.433 e. The summed E-state index contributed by atoms with van der Waals surface area (Å²) in [6.07, 6.45) is 1.61. The molecule has 0 aliphatic rings. The van der Waals surface area contributed by atoms with Crippen molar-refractivity contribution < 1.29 is 9.34 Å². The Morgan fingerprint density at radius 2 is 2.15 bits per heavy atom. The maximum absolute atomic E-state index is 10.6. The summed E-state index contributed by atoms with van der Waals surface area (Å²) in [5.41, 5.74) is 0.694. The highest BCUT2D eigenvalue weighted by atomic mass is 16.6. The quantitative estimate of drug-likeness (QED) is 0.367.